The fourth-order valence-electron chi connectivity index (χ4n) is 1.96. The molecule has 20 heavy (non-hydrogen) atoms. The zero-order valence-corrected chi connectivity index (χ0v) is 12.0. The maximum absolute atomic E-state index is 13.3. The summed E-state index contributed by atoms with van der Waals surface area (Å²) in [6.07, 6.45) is 1.09. The van der Waals surface area contributed by atoms with Gasteiger partial charge < -0.3 is 5.32 Å². The number of rotatable bonds is 5. The highest BCUT2D eigenvalue weighted by atomic mass is 35.5. The van der Waals surface area contributed by atoms with Gasteiger partial charge in [-0.25, -0.2) is 8.78 Å². The van der Waals surface area contributed by atoms with E-state index < -0.39 is 11.6 Å². The van der Waals surface area contributed by atoms with Crippen LogP contribution in [-0.2, 0) is 6.54 Å². The SMILES string of the molecule is CCCNCc1ccc(-c2cc(F)c(F)cc2Cl)cc1. The summed E-state index contributed by atoms with van der Waals surface area (Å²) < 4.78 is 26.3. The summed E-state index contributed by atoms with van der Waals surface area (Å²) in [5.41, 5.74) is 2.41. The Bertz CT molecular complexity index is 582. The van der Waals surface area contributed by atoms with Crippen LogP contribution in [0.25, 0.3) is 11.1 Å². The highest BCUT2D eigenvalue weighted by molar-refractivity contribution is 6.33. The zero-order valence-electron chi connectivity index (χ0n) is 11.2. The summed E-state index contributed by atoms with van der Waals surface area (Å²) in [4.78, 5) is 0. The Morgan fingerprint density at radius 3 is 2.35 bits per heavy atom. The van der Waals surface area contributed by atoms with Crippen LogP contribution in [0.3, 0.4) is 0 Å². The molecule has 2 aromatic rings. The third-order valence-electron chi connectivity index (χ3n) is 3.03. The minimum absolute atomic E-state index is 0.209. The summed E-state index contributed by atoms with van der Waals surface area (Å²) in [6, 6.07) is 9.76. The van der Waals surface area contributed by atoms with Crippen molar-refractivity contribution >= 4 is 11.6 Å². The fraction of sp³-hybridized carbons (Fsp3) is 0.250. The van der Waals surface area contributed by atoms with E-state index in [2.05, 4.69) is 12.2 Å². The molecule has 0 spiro atoms. The molecule has 0 aliphatic rings. The minimum atomic E-state index is -0.931. The Morgan fingerprint density at radius 2 is 1.70 bits per heavy atom. The van der Waals surface area contributed by atoms with E-state index in [4.69, 9.17) is 11.6 Å². The number of benzene rings is 2. The summed E-state index contributed by atoms with van der Waals surface area (Å²) in [5, 5.41) is 3.51. The second kappa shape index (κ2) is 6.82. The molecule has 0 aliphatic heterocycles. The van der Waals surface area contributed by atoms with Crippen LogP contribution < -0.4 is 5.32 Å². The van der Waals surface area contributed by atoms with E-state index in [-0.39, 0.29) is 5.02 Å². The van der Waals surface area contributed by atoms with Gasteiger partial charge in [0, 0.05) is 12.1 Å². The van der Waals surface area contributed by atoms with E-state index in [1.807, 2.05) is 24.3 Å². The second-order valence-corrected chi connectivity index (χ2v) is 5.03. The lowest BCUT2D eigenvalue weighted by molar-refractivity contribution is 0.509. The van der Waals surface area contributed by atoms with Gasteiger partial charge in [-0.2, -0.15) is 0 Å². The molecule has 106 valence electrons. The van der Waals surface area contributed by atoms with Crippen LogP contribution in [0.1, 0.15) is 18.9 Å². The van der Waals surface area contributed by atoms with Gasteiger partial charge >= 0.3 is 0 Å². The average Bonchev–Trinajstić information content (AvgIpc) is 2.44. The molecule has 0 heterocycles. The summed E-state index contributed by atoms with van der Waals surface area (Å²) >= 11 is 5.96. The molecule has 0 aliphatic carbocycles. The van der Waals surface area contributed by atoms with Crippen LogP contribution in [-0.4, -0.2) is 6.54 Å². The number of halogens is 3. The molecule has 1 N–H and O–H groups in total. The van der Waals surface area contributed by atoms with Crippen molar-refractivity contribution in [3.05, 3.63) is 58.6 Å². The Labute approximate surface area is 122 Å². The Hall–Kier alpha value is -1.45. The third-order valence-corrected chi connectivity index (χ3v) is 3.34. The van der Waals surface area contributed by atoms with Gasteiger partial charge in [0.2, 0.25) is 0 Å². The first kappa shape index (κ1) is 14.9. The number of hydrogen-bond donors (Lipinski definition) is 1. The highest BCUT2D eigenvalue weighted by Gasteiger charge is 2.10. The summed E-state index contributed by atoms with van der Waals surface area (Å²) in [7, 11) is 0. The highest BCUT2D eigenvalue weighted by Crippen LogP contribution is 2.30. The molecule has 4 heteroatoms. The van der Waals surface area contributed by atoms with E-state index in [1.165, 1.54) is 0 Å². The maximum Gasteiger partial charge on any atom is 0.160 e. The Morgan fingerprint density at radius 1 is 1.05 bits per heavy atom. The van der Waals surface area contributed by atoms with Crippen LogP contribution in [0.4, 0.5) is 8.78 Å². The van der Waals surface area contributed by atoms with E-state index in [0.29, 0.717) is 5.56 Å². The van der Waals surface area contributed by atoms with Crippen molar-refractivity contribution in [2.24, 2.45) is 0 Å². The van der Waals surface area contributed by atoms with Crippen molar-refractivity contribution in [2.75, 3.05) is 6.54 Å². The zero-order chi connectivity index (χ0) is 14.5. The van der Waals surface area contributed by atoms with Crippen LogP contribution >= 0.6 is 11.6 Å². The van der Waals surface area contributed by atoms with E-state index in [9.17, 15) is 8.78 Å². The Balaban J connectivity index is 2.19. The van der Waals surface area contributed by atoms with Crippen LogP contribution in [0.15, 0.2) is 36.4 Å². The summed E-state index contributed by atoms with van der Waals surface area (Å²) in [6.45, 7) is 3.87. The average molecular weight is 296 g/mol. The molecule has 0 fully saturated rings. The third kappa shape index (κ3) is 3.56. The van der Waals surface area contributed by atoms with Crippen LogP contribution in [0, 0.1) is 11.6 Å². The smallest absolute Gasteiger partial charge is 0.160 e. The molecular weight excluding hydrogens is 280 g/mol. The van der Waals surface area contributed by atoms with Crippen molar-refractivity contribution in [1.82, 2.24) is 5.32 Å². The first-order valence-corrected chi connectivity index (χ1v) is 6.94. The summed E-state index contributed by atoms with van der Waals surface area (Å²) in [5.74, 6) is -1.82. The van der Waals surface area contributed by atoms with Gasteiger partial charge in [-0.05, 0) is 36.2 Å². The molecular formula is C16H16ClF2N. The fourth-order valence-corrected chi connectivity index (χ4v) is 2.21. The van der Waals surface area contributed by atoms with Crippen LogP contribution in [0.5, 0.6) is 0 Å². The predicted molar refractivity (Wildman–Crippen MR) is 78.8 cm³/mol. The van der Waals surface area contributed by atoms with Gasteiger partial charge in [-0.15, -0.1) is 0 Å². The van der Waals surface area contributed by atoms with Crippen molar-refractivity contribution in [3.63, 3.8) is 0 Å². The monoisotopic (exact) mass is 295 g/mol. The predicted octanol–water partition coefficient (Wildman–Crippen LogP) is 4.78. The van der Waals surface area contributed by atoms with Crippen molar-refractivity contribution in [1.29, 1.82) is 0 Å². The molecule has 0 saturated carbocycles. The van der Waals surface area contributed by atoms with Gasteiger partial charge in [0.15, 0.2) is 11.6 Å². The number of nitrogens with one attached hydrogen (secondary N) is 1. The van der Waals surface area contributed by atoms with E-state index >= 15 is 0 Å². The lowest BCUT2D eigenvalue weighted by Crippen LogP contribution is -2.13. The van der Waals surface area contributed by atoms with Gasteiger partial charge in [0.1, 0.15) is 0 Å². The van der Waals surface area contributed by atoms with Gasteiger partial charge in [-0.3, -0.25) is 0 Å². The quantitative estimate of drug-likeness (QED) is 0.618. The van der Waals surface area contributed by atoms with Gasteiger partial charge in [0.05, 0.1) is 5.02 Å². The lowest BCUT2D eigenvalue weighted by atomic mass is 10.0. The van der Waals surface area contributed by atoms with Gasteiger partial charge in [0.25, 0.3) is 0 Å². The number of hydrogen-bond acceptors (Lipinski definition) is 1. The van der Waals surface area contributed by atoms with Crippen LogP contribution in [0.2, 0.25) is 5.02 Å². The standard InChI is InChI=1S/C16H16ClF2N/c1-2-7-20-10-11-3-5-12(6-4-11)13-8-15(18)16(19)9-14(13)17/h3-6,8-9,20H,2,7,10H2,1H3. The van der Waals surface area contributed by atoms with Crippen molar-refractivity contribution < 1.29 is 8.78 Å². The van der Waals surface area contributed by atoms with E-state index in [1.54, 1.807) is 0 Å². The Kier molecular flexibility index (Phi) is 5.10. The molecule has 0 saturated heterocycles. The normalized spacial score (nSPS) is 10.8. The second-order valence-electron chi connectivity index (χ2n) is 4.62. The molecule has 1 nitrogen and oxygen atoms in total. The topological polar surface area (TPSA) is 12.0 Å². The first-order chi connectivity index (χ1) is 9.61. The van der Waals surface area contributed by atoms with Gasteiger partial charge in [-0.1, -0.05) is 42.8 Å². The molecule has 0 unspecified atom stereocenters. The van der Waals surface area contributed by atoms with Crippen molar-refractivity contribution in [2.45, 2.75) is 19.9 Å². The van der Waals surface area contributed by atoms with Crippen molar-refractivity contribution in [3.8, 4) is 11.1 Å². The molecule has 2 aromatic carbocycles. The molecule has 0 aromatic heterocycles. The molecule has 0 bridgehead atoms. The largest absolute Gasteiger partial charge is 0.313 e. The molecule has 0 atom stereocenters. The van der Waals surface area contributed by atoms with E-state index in [0.717, 1.165) is 42.8 Å². The molecule has 2 rings (SSSR count). The first-order valence-electron chi connectivity index (χ1n) is 6.56. The molecule has 0 amide bonds. The maximum atomic E-state index is 13.3. The lowest BCUT2D eigenvalue weighted by Gasteiger charge is -2.08. The minimum Gasteiger partial charge on any atom is -0.313 e. The molecule has 0 radical (unpaired) electrons.